The van der Waals surface area contributed by atoms with Crippen LogP contribution in [0.15, 0.2) is 16.9 Å². The van der Waals surface area contributed by atoms with E-state index in [9.17, 15) is 10.1 Å². The van der Waals surface area contributed by atoms with E-state index in [0.29, 0.717) is 5.56 Å². The highest BCUT2D eigenvalue weighted by atomic mass is 79.9. The van der Waals surface area contributed by atoms with Crippen LogP contribution in [-0.2, 0) is 6.54 Å². The zero-order valence-corrected chi connectivity index (χ0v) is 11.6. The van der Waals surface area contributed by atoms with Crippen LogP contribution in [0.4, 0.5) is 5.95 Å². The molecular weight excluding hydrogens is 349 g/mol. The van der Waals surface area contributed by atoms with Crippen molar-refractivity contribution in [1.82, 2.24) is 19.7 Å². The third kappa shape index (κ3) is 2.77. The molecule has 0 N–H and O–H groups in total. The number of hydrogen-bond acceptors (Lipinski definition) is 5. The summed E-state index contributed by atoms with van der Waals surface area (Å²) in [5.41, 5.74) is 0.626. The summed E-state index contributed by atoms with van der Waals surface area (Å²) in [4.78, 5) is 17.3. The van der Waals surface area contributed by atoms with Gasteiger partial charge in [0.15, 0.2) is 0 Å². The van der Waals surface area contributed by atoms with Crippen molar-refractivity contribution >= 4 is 45.1 Å². The van der Waals surface area contributed by atoms with Crippen LogP contribution in [0.3, 0.4) is 0 Å². The standard InChI is InChI=1S/C8H4BrCl2N5O2/c9-7-13-8(16(17)18)14-15(7)3-4-1-2-5(10)12-6(4)11/h1-2H,3H2. The predicted octanol–water partition coefficient (Wildman–Crippen LogP) is 2.70. The molecule has 0 saturated carbocycles. The first-order chi connectivity index (χ1) is 8.47. The Bertz CT molecular complexity index is 618. The first-order valence-electron chi connectivity index (χ1n) is 4.53. The fraction of sp³-hybridized carbons (Fsp3) is 0.125. The highest BCUT2D eigenvalue weighted by Crippen LogP contribution is 2.20. The molecule has 0 atom stereocenters. The number of nitrogens with zero attached hydrogens (tertiary/aromatic N) is 5. The van der Waals surface area contributed by atoms with Gasteiger partial charge in [0.1, 0.15) is 10.3 Å². The molecule has 0 radical (unpaired) electrons. The van der Waals surface area contributed by atoms with E-state index in [4.69, 9.17) is 23.2 Å². The molecule has 0 fully saturated rings. The molecule has 94 valence electrons. The first kappa shape index (κ1) is 13.2. The van der Waals surface area contributed by atoms with Crippen molar-refractivity contribution in [3.63, 3.8) is 0 Å². The summed E-state index contributed by atoms with van der Waals surface area (Å²) >= 11 is 14.6. The molecule has 0 saturated heterocycles. The molecule has 2 rings (SSSR count). The van der Waals surface area contributed by atoms with Gasteiger partial charge < -0.3 is 10.1 Å². The van der Waals surface area contributed by atoms with Gasteiger partial charge in [0, 0.05) is 26.6 Å². The fourth-order valence-electron chi connectivity index (χ4n) is 1.21. The van der Waals surface area contributed by atoms with Gasteiger partial charge in [0.05, 0.1) is 6.54 Å². The van der Waals surface area contributed by atoms with Crippen molar-refractivity contribution in [2.45, 2.75) is 6.54 Å². The van der Waals surface area contributed by atoms with E-state index in [1.54, 1.807) is 12.1 Å². The van der Waals surface area contributed by atoms with Crippen molar-refractivity contribution in [2.24, 2.45) is 0 Å². The van der Waals surface area contributed by atoms with Crippen molar-refractivity contribution < 1.29 is 4.92 Å². The molecule has 0 unspecified atom stereocenters. The molecule has 0 aliphatic carbocycles. The Labute approximate surface area is 119 Å². The van der Waals surface area contributed by atoms with Crippen molar-refractivity contribution in [3.8, 4) is 0 Å². The number of nitro groups is 1. The van der Waals surface area contributed by atoms with Gasteiger partial charge in [-0.2, -0.15) is 4.68 Å². The van der Waals surface area contributed by atoms with Crippen LogP contribution >= 0.6 is 39.1 Å². The number of pyridine rings is 1. The van der Waals surface area contributed by atoms with Crippen molar-refractivity contribution in [1.29, 1.82) is 0 Å². The molecule has 0 aromatic carbocycles. The smallest absolute Gasteiger partial charge is 0.390 e. The van der Waals surface area contributed by atoms with E-state index in [1.807, 2.05) is 0 Å². The van der Waals surface area contributed by atoms with Gasteiger partial charge in [0.25, 0.3) is 4.73 Å². The largest absolute Gasteiger partial charge is 0.492 e. The molecule has 2 heterocycles. The predicted molar refractivity (Wildman–Crippen MR) is 67.7 cm³/mol. The molecule has 2 aromatic heterocycles. The third-order valence-corrected chi connectivity index (χ3v) is 3.12. The Hall–Kier alpha value is -1.25. The molecule has 0 aliphatic rings. The first-order valence-corrected chi connectivity index (χ1v) is 6.08. The Balaban J connectivity index is 2.31. The van der Waals surface area contributed by atoms with Crippen LogP contribution in [0.1, 0.15) is 5.56 Å². The van der Waals surface area contributed by atoms with Gasteiger partial charge in [0.2, 0.25) is 0 Å². The molecule has 10 heteroatoms. The van der Waals surface area contributed by atoms with Crippen molar-refractivity contribution in [3.05, 3.63) is 42.9 Å². The topological polar surface area (TPSA) is 86.7 Å². The minimum absolute atomic E-state index is 0.199. The minimum Gasteiger partial charge on any atom is -0.390 e. The van der Waals surface area contributed by atoms with E-state index in [0.717, 1.165) is 0 Å². The lowest BCUT2D eigenvalue weighted by molar-refractivity contribution is -0.394. The molecule has 2 aromatic rings. The molecule has 0 amide bonds. The lowest BCUT2D eigenvalue weighted by Gasteiger charge is -2.01. The zero-order chi connectivity index (χ0) is 13.3. The zero-order valence-electron chi connectivity index (χ0n) is 8.55. The number of hydrogen-bond donors (Lipinski definition) is 0. The Morgan fingerprint density at radius 1 is 1.39 bits per heavy atom. The highest BCUT2D eigenvalue weighted by molar-refractivity contribution is 9.10. The Morgan fingerprint density at radius 2 is 2.11 bits per heavy atom. The summed E-state index contributed by atoms with van der Waals surface area (Å²) in [7, 11) is 0. The summed E-state index contributed by atoms with van der Waals surface area (Å²) in [6.07, 6.45) is 0. The lowest BCUT2D eigenvalue weighted by atomic mass is 10.3. The van der Waals surface area contributed by atoms with Crippen molar-refractivity contribution in [2.75, 3.05) is 0 Å². The number of rotatable bonds is 3. The van der Waals surface area contributed by atoms with Crippen LogP contribution in [0, 0.1) is 10.1 Å². The lowest BCUT2D eigenvalue weighted by Crippen LogP contribution is -2.04. The quantitative estimate of drug-likeness (QED) is 0.481. The summed E-state index contributed by atoms with van der Waals surface area (Å²) < 4.78 is 1.54. The van der Waals surface area contributed by atoms with Gasteiger partial charge in [-0.15, -0.1) is 0 Å². The Morgan fingerprint density at radius 3 is 2.67 bits per heavy atom. The van der Waals surface area contributed by atoms with Crippen LogP contribution in [0.5, 0.6) is 0 Å². The Kier molecular flexibility index (Phi) is 3.79. The summed E-state index contributed by atoms with van der Waals surface area (Å²) in [6.45, 7) is 0.199. The molecule has 7 nitrogen and oxygen atoms in total. The summed E-state index contributed by atoms with van der Waals surface area (Å²) in [5.74, 6) is -0.486. The summed E-state index contributed by atoms with van der Waals surface area (Å²) in [6, 6.07) is 3.24. The van der Waals surface area contributed by atoms with E-state index < -0.39 is 10.9 Å². The van der Waals surface area contributed by atoms with Gasteiger partial charge in [-0.3, -0.25) is 0 Å². The normalized spacial score (nSPS) is 10.6. The monoisotopic (exact) mass is 351 g/mol. The van der Waals surface area contributed by atoms with Crippen LogP contribution in [0.2, 0.25) is 10.3 Å². The second kappa shape index (κ2) is 5.17. The average molecular weight is 353 g/mol. The maximum absolute atomic E-state index is 10.5. The maximum atomic E-state index is 10.5. The van der Waals surface area contributed by atoms with Gasteiger partial charge in [-0.25, -0.2) is 4.98 Å². The van der Waals surface area contributed by atoms with Crippen LogP contribution in [0.25, 0.3) is 0 Å². The number of aromatic nitrogens is 4. The van der Waals surface area contributed by atoms with Crippen LogP contribution in [-0.4, -0.2) is 24.7 Å². The fourth-order valence-corrected chi connectivity index (χ4v) is 1.98. The SMILES string of the molecule is O=[N+]([O-])c1nc(Br)n(Cc2ccc(Cl)nc2Cl)n1. The minimum atomic E-state index is -0.678. The van der Waals surface area contributed by atoms with Gasteiger partial charge in [-0.1, -0.05) is 29.3 Å². The molecule has 18 heavy (non-hydrogen) atoms. The van der Waals surface area contributed by atoms with E-state index in [1.165, 1.54) is 4.68 Å². The maximum Gasteiger partial charge on any atom is 0.492 e. The average Bonchev–Trinajstić information content (AvgIpc) is 2.64. The van der Waals surface area contributed by atoms with Gasteiger partial charge in [-0.05, 0) is 16.0 Å². The van der Waals surface area contributed by atoms with E-state index >= 15 is 0 Å². The third-order valence-electron chi connectivity index (χ3n) is 1.99. The molecular formula is C8H4BrCl2N5O2. The van der Waals surface area contributed by atoms with Gasteiger partial charge >= 0.3 is 5.95 Å². The molecule has 0 bridgehead atoms. The van der Waals surface area contributed by atoms with Crippen LogP contribution < -0.4 is 0 Å². The molecule has 0 aliphatic heterocycles. The molecule has 0 spiro atoms. The summed E-state index contributed by atoms with van der Waals surface area (Å²) in [5, 5.41) is 14.7. The number of halogens is 3. The second-order valence-corrected chi connectivity index (χ2v) is 4.63. The van der Waals surface area contributed by atoms with E-state index in [2.05, 4.69) is 31.0 Å². The second-order valence-electron chi connectivity index (χ2n) is 3.18. The van der Waals surface area contributed by atoms with E-state index in [-0.39, 0.29) is 21.6 Å². The highest BCUT2D eigenvalue weighted by Gasteiger charge is 2.20.